The summed E-state index contributed by atoms with van der Waals surface area (Å²) in [6, 6.07) is 20.4. The summed E-state index contributed by atoms with van der Waals surface area (Å²) in [6.07, 6.45) is 0.451. The molecule has 0 unspecified atom stereocenters. The van der Waals surface area contributed by atoms with Gasteiger partial charge in [-0.2, -0.15) is 0 Å². The van der Waals surface area contributed by atoms with Gasteiger partial charge in [-0.3, -0.25) is 9.69 Å². The number of carbonyl (C=O) groups is 2. The Balaban J connectivity index is 2.34. The first-order valence-corrected chi connectivity index (χ1v) is 12.8. The van der Waals surface area contributed by atoms with E-state index in [1.807, 2.05) is 77.9 Å². The van der Waals surface area contributed by atoms with E-state index in [1.165, 1.54) is 5.56 Å². The summed E-state index contributed by atoms with van der Waals surface area (Å²) in [5.74, 6) is -0.245. The van der Waals surface area contributed by atoms with Crippen molar-refractivity contribution in [1.29, 1.82) is 0 Å². The Kier molecular flexibility index (Phi) is 10.5. The van der Waals surface area contributed by atoms with Crippen LogP contribution in [0.15, 0.2) is 60.7 Å². The van der Waals surface area contributed by atoms with Crippen LogP contribution in [0.4, 0.5) is 4.79 Å². The summed E-state index contributed by atoms with van der Waals surface area (Å²) < 4.78 is 11.2. The van der Waals surface area contributed by atoms with Crippen LogP contribution in [0.2, 0.25) is 0 Å². The van der Waals surface area contributed by atoms with Crippen molar-refractivity contribution >= 4 is 12.1 Å². The first-order valence-electron chi connectivity index (χ1n) is 12.8. The van der Waals surface area contributed by atoms with Crippen molar-refractivity contribution in [3.05, 3.63) is 71.8 Å². The Labute approximate surface area is 217 Å². The molecule has 6 heteroatoms. The summed E-state index contributed by atoms with van der Waals surface area (Å²) in [7, 11) is 1.74. The Morgan fingerprint density at radius 1 is 0.833 bits per heavy atom. The van der Waals surface area contributed by atoms with E-state index in [-0.39, 0.29) is 30.6 Å². The van der Waals surface area contributed by atoms with Crippen molar-refractivity contribution in [3.8, 4) is 0 Å². The molecule has 0 aliphatic carbocycles. The number of ether oxygens (including phenoxy) is 2. The van der Waals surface area contributed by atoms with Gasteiger partial charge in [0.1, 0.15) is 11.2 Å². The van der Waals surface area contributed by atoms with E-state index in [2.05, 4.69) is 36.1 Å². The van der Waals surface area contributed by atoms with E-state index in [1.54, 1.807) is 11.9 Å². The average molecular weight is 497 g/mol. The van der Waals surface area contributed by atoms with E-state index >= 15 is 0 Å². The highest BCUT2D eigenvalue weighted by atomic mass is 16.6. The molecule has 0 aliphatic heterocycles. The van der Waals surface area contributed by atoms with Gasteiger partial charge in [0.05, 0.1) is 6.42 Å². The largest absolute Gasteiger partial charge is 0.460 e. The van der Waals surface area contributed by atoms with Gasteiger partial charge in [-0.05, 0) is 66.0 Å². The summed E-state index contributed by atoms with van der Waals surface area (Å²) in [6.45, 7) is 14.5. The van der Waals surface area contributed by atoms with E-state index < -0.39 is 11.2 Å². The lowest BCUT2D eigenvalue weighted by molar-refractivity contribution is -0.156. The number of hydrogen-bond donors (Lipinski definition) is 0. The standard InChI is InChI=1S/C30H44N2O4/c1-23(25-17-13-10-14-18-25)32(22-24-15-11-9-12-16-24)26(21-27(33)35-29(2,3)4)19-20-31(8)28(34)36-30(5,6)7/h9-18,23,26H,19-22H2,1-8H3/t23-,26-/m0/s1. The van der Waals surface area contributed by atoms with E-state index in [4.69, 9.17) is 9.47 Å². The Morgan fingerprint density at radius 2 is 1.36 bits per heavy atom. The molecule has 0 aliphatic rings. The number of nitrogens with zero attached hydrogens (tertiary/aromatic N) is 2. The van der Waals surface area contributed by atoms with E-state index in [0.29, 0.717) is 19.5 Å². The maximum Gasteiger partial charge on any atom is 0.410 e. The van der Waals surface area contributed by atoms with Gasteiger partial charge in [0.2, 0.25) is 0 Å². The minimum absolute atomic E-state index is 0.0469. The first kappa shape index (κ1) is 29.4. The molecule has 2 aromatic carbocycles. The Bertz CT molecular complexity index is 948. The number of rotatable bonds is 10. The van der Waals surface area contributed by atoms with Crippen LogP contribution in [0.1, 0.15) is 78.5 Å². The molecule has 0 fully saturated rings. The zero-order valence-corrected chi connectivity index (χ0v) is 23.3. The topological polar surface area (TPSA) is 59.1 Å². The van der Waals surface area contributed by atoms with Gasteiger partial charge in [0, 0.05) is 32.2 Å². The third kappa shape index (κ3) is 10.4. The summed E-state index contributed by atoms with van der Waals surface area (Å²) in [5.41, 5.74) is 1.20. The molecule has 1 amide bonds. The van der Waals surface area contributed by atoms with Crippen LogP contribution in [-0.4, -0.2) is 52.7 Å². The molecule has 2 rings (SSSR count). The van der Waals surface area contributed by atoms with Crippen LogP contribution in [0.5, 0.6) is 0 Å². The minimum atomic E-state index is -0.567. The molecule has 0 saturated carbocycles. The molecule has 6 nitrogen and oxygen atoms in total. The molecule has 0 spiro atoms. The van der Waals surface area contributed by atoms with Gasteiger partial charge in [-0.15, -0.1) is 0 Å². The lowest BCUT2D eigenvalue weighted by Crippen LogP contribution is -2.42. The number of carbonyl (C=O) groups excluding carboxylic acids is 2. The summed E-state index contributed by atoms with van der Waals surface area (Å²) in [5, 5.41) is 0. The van der Waals surface area contributed by atoms with Gasteiger partial charge in [0.15, 0.2) is 0 Å². The first-order chi connectivity index (χ1) is 16.7. The maximum atomic E-state index is 13.0. The maximum absolute atomic E-state index is 13.0. The van der Waals surface area contributed by atoms with Crippen LogP contribution >= 0.6 is 0 Å². The molecule has 36 heavy (non-hydrogen) atoms. The van der Waals surface area contributed by atoms with Crippen molar-refractivity contribution in [2.24, 2.45) is 0 Å². The van der Waals surface area contributed by atoms with Crippen molar-refractivity contribution in [3.63, 3.8) is 0 Å². The Morgan fingerprint density at radius 3 is 1.89 bits per heavy atom. The lowest BCUT2D eigenvalue weighted by atomic mass is 9.99. The number of esters is 1. The highest BCUT2D eigenvalue weighted by Crippen LogP contribution is 2.28. The fourth-order valence-corrected chi connectivity index (χ4v) is 4.03. The second-order valence-corrected chi connectivity index (χ2v) is 11.4. The monoisotopic (exact) mass is 496 g/mol. The smallest absolute Gasteiger partial charge is 0.410 e. The quantitative estimate of drug-likeness (QED) is 0.347. The van der Waals surface area contributed by atoms with Crippen molar-refractivity contribution in [2.45, 2.75) is 91.1 Å². The molecule has 2 atom stereocenters. The normalized spacial score (nSPS) is 13.7. The van der Waals surface area contributed by atoms with Crippen LogP contribution in [0, 0.1) is 0 Å². The minimum Gasteiger partial charge on any atom is -0.460 e. The molecule has 0 heterocycles. The number of benzene rings is 2. The van der Waals surface area contributed by atoms with Gasteiger partial charge in [-0.1, -0.05) is 60.7 Å². The van der Waals surface area contributed by atoms with Crippen LogP contribution in [-0.2, 0) is 20.8 Å². The Hall–Kier alpha value is -2.86. The zero-order valence-electron chi connectivity index (χ0n) is 23.3. The second kappa shape index (κ2) is 12.9. The fourth-order valence-electron chi connectivity index (χ4n) is 4.03. The molecule has 0 bridgehead atoms. The number of amides is 1. The molecule has 2 aromatic rings. The predicted molar refractivity (Wildman–Crippen MR) is 145 cm³/mol. The highest BCUT2D eigenvalue weighted by molar-refractivity contribution is 5.70. The average Bonchev–Trinajstić information content (AvgIpc) is 2.78. The van der Waals surface area contributed by atoms with Gasteiger partial charge >= 0.3 is 12.1 Å². The summed E-state index contributed by atoms with van der Waals surface area (Å²) >= 11 is 0. The third-order valence-corrected chi connectivity index (χ3v) is 5.78. The predicted octanol–water partition coefficient (Wildman–Crippen LogP) is 6.61. The molecule has 0 aromatic heterocycles. The van der Waals surface area contributed by atoms with Gasteiger partial charge in [-0.25, -0.2) is 4.79 Å². The van der Waals surface area contributed by atoms with Gasteiger partial charge < -0.3 is 14.4 Å². The molecule has 198 valence electrons. The molecular weight excluding hydrogens is 452 g/mol. The van der Waals surface area contributed by atoms with E-state index in [9.17, 15) is 9.59 Å². The summed E-state index contributed by atoms with van der Waals surface area (Å²) in [4.78, 5) is 29.5. The lowest BCUT2D eigenvalue weighted by Gasteiger charge is -2.38. The molecular formula is C30H44N2O4. The SMILES string of the molecule is C[C@@H](c1ccccc1)N(Cc1ccccc1)[C@@H](CCN(C)C(=O)OC(C)(C)C)CC(=O)OC(C)(C)C. The van der Waals surface area contributed by atoms with Crippen molar-refractivity contribution < 1.29 is 19.1 Å². The molecule has 0 saturated heterocycles. The van der Waals surface area contributed by atoms with E-state index in [0.717, 1.165) is 5.56 Å². The van der Waals surface area contributed by atoms with Crippen LogP contribution in [0.25, 0.3) is 0 Å². The zero-order chi connectivity index (χ0) is 26.9. The fraction of sp³-hybridized carbons (Fsp3) is 0.533. The highest BCUT2D eigenvalue weighted by Gasteiger charge is 2.30. The van der Waals surface area contributed by atoms with Crippen LogP contribution < -0.4 is 0 Å². The molecule has 0 N–H and O–H groups in total. The van der Waals surface area contributed by atoms with Gasteiger partial charge in [0.25, 0.3) is 0 Å². The van der Waals surface area contributed by atoms with Crippen molar-refractivity contribution in [1.82, 2.24) is 9.80 Å². The third-order valence-electron chi connectivity index (χ3n) is 5.78. The second-order valence-electron chi connectivity index (χ2n) is 11.4. The number of hydrogen-bond acceptors (Lipinski definition) is 5. The molecule has 0 radical (unpaired) electrons. The van der Waals surface area contributed by atoms with Crippen LogP contribution in [0.3, 0.4) is 0 Å². The van der Waals surface area contributed by atoms with Crippen molar-refractivity contribution in [2.75, 3.05) is 13.6 Å².